The van der Waals surface area contributed by atoms with E-state index in [1.165, 1.54) is 11.3 Å². The first-order valence-electron chi connectivity index (χ1n) is 6.94. The monoisotopic (exact) mass is 287 g/mol. The van der Waals surface area contributed by atoms with Crippen LogP contribution in [-0.2, 0) is 6.54 Å². The predicted octanol–water partition coefficient (Wildman–Crippen LogP) is 3.10. The second-order valence-corrected chi connectivity index (χ2v) is 5.58. The van der Waals surface area contributed by atoms with E-state index in [1.54, 1.807) is 0 Å². The van der Waals surface area contributed by atoms with Gasteiger partial charge in [0.1, 0.15) is 0 Å². The minimum absolute atomic E-state index is 0.530. The molecule has 1 aliphatic heterocycles. The molecule has 0 saturated carbocycles. The molecule has 3 rings (SSSR count). The molecular weight excluding hydrogens is 270 g/mol. The van der Waals surface area contributed by atoms with Crippen LogP contribution in [0.3, 0.4) is 0 Å². The molecule has 104 valence electrons. The molecule has 0 amide bonds. The van der Waals surface area contributed by atoms with E-state index < -0.39 is 0 Å². The maximum absolute atomic E-state index is 6.05. The molecule has 1 aromatic carbocycles. The Balaban J connectivity index is 1.55. The van der Waals surface area contributed by atoms with Gasteiger partial charge in [0.2, 0.25) is 0 Å². The number of nitrogens with one attached hydrogen (secondary N) is 1. The van der Waals surface area contributed by atoms with Gasteiger partial charge in [0.15, 0.2) is 0 Å². The lowest BCUT2D eigenvalue weighted by atomic mass is 10.2. The lowest BCUT2D eigenvalue weighted by molar-refractivity contribution is 0.551. The Morgan fingerprint density at radius 2 is 2.10 bits per heavy atom. The van der Waals surface area contributed by atoms with Crippen molar-refractivity contribution in [3.8, 4) is 0 Å². The number of aromatic nitrogens is 1. The summed E-state index contributed by atoms with van der Waals surface area (Å²) in [5.74, 6) is 0. The summed E-state index contributed by atoms with van der Waals surface area (Å²) >= 11 is 6.05. The zero-order valence-electron chi connectivity index (χ0n) is 11.3. The number of hydrogen-bond donors (Lipinski definition) is 1. The molecule has 20 heavy (non-hydrogen) atoms. The fourth-order valence-electron chi connectivity index (χ4n) is 2.60. The number of benzene rings is 1. The van der Waals surface area contributed by atoms with E-state index in [9.17, 15) is 0 Å². The first kappa shape index (κ1) is 13.4. The number of halogens is 1. The van der Waals surface area contributed by atoms with Gasteiger partial charge in [-0.1, -0.05) is 17.7 Å². The summed E-state index contributed by atoms with van der Waals surface area (Å²) in [5, 5.41) is 4.41. The summed E-state index contributed by atoms with van der Waals surface area (Å²) < 4.78 is 0. The van der Waals surface area contributed by atoms with E-state index in [0.29, 0.717) is 6.04 Å². The molecule has 1 unspecified atom stereocenters. The van der Waals surface area contributed by atoms with Gasteiger partial charge < -0.3 is 10.2 Å². The number of anilines is 1. The fraction of sp³-hybridized carbons (Fsp3) is 0.312. The van der Waals surface area contributed by atoms with Gasteiger partial charge in [-0.2, -0.15) is 0 Å². The van der Waals surface area contributed by atoms with Crippen molar-refractivity contribution in [1.82, 2.24) is 10.3 Å². The van der Waals surface area contributed by atoms with Crippen molar-refractivity contribution in [1.29, 1.82) is 0 Å². The Bertz CT molecular complexity index is 559. The molecule has 0 spiro atoms. The van der Waals surface area contributed by atoms with E-state index in [-0.39, 0.29) is 0 Å². The van der Waals surface area contributed by atoms with Gasteiger partial charge >= 0.3 is 0 Å². The summed E-state index contributed by atoms with van der Waals surface area (Å²) in [4.78, 5) is 6.42. The largest absolute Gasteiger partial charge is 0.370 e. The van der Waals surface area contributed by atoms with Crippen LogP contribution in [0, 0.1) is 0 Å². The third-order valence-electron chi connectivity index (χ3n) is 3.71. The highest BCUT2D eigenvalue weighted by molar-refractivity contribution is 6.30. The molecule has 1 aromatic heterocycles. The van der Waals surface area contributed by atoms with Crippen LogP contribution in [0.1, 0.15) is 12.0 Å². The third-order valence-corrected chi connectivity index (χ3v) is 3.94. The Hall–Kier alpha value is -1.58. The minimum atomic E-state index is 0.530. The quantitative estimate of drug-likeness (QED) is 0.936. The lowest BCUT2D eigenvalue weighted by Crippen LogP contribution is -2.32. The normalized spacial score (nSPS) is 18.4. The lowest BCUT2D eigenvalue weighted by Gasteiger charge is -2.19. The van der Waals surface area contributed by atoms with E-state index in [0.717, 1.165) is 31.1 Å². The summed E-state index contributed by atoms with van der Waals surface area (Å²) in [6.07, 6.45) is 4.84. The van der Waals surface area contributed by atoms with Crippen molar-refractivity contribution < 1.29 is 0 Å². The molecule has 2 aromatic rings. The molecule has 1 fully saturated rings. The Morgan fingerprint density at radius 3 is 2.90 bits per heavy atom. The number of pyridine rings is 1. The van der Waals surface area contributed by atoms with Gasteiger partial charge in [-0.05, 0) is 42.3 Å². The third kappa shape index (κ3) is 3.30. The summed E-state index contributed by atoms with van der Waals surface area (Å²) in [5.41, 5.74) is 2.49. The summed E-state index contributed by atoms with van der Waals surface area (Å²) in [7, 11) is 0. The molecule has 3 nitrogen and oxygen atoms in total. The van der Waals surface area contributed by atoms with Gasteiger partial charge in [-0.25, -0.2) is 0 Å². The van der Waals surface area contributed by atoms with Crippen LogP contribution in [0.4, 0.5) is 5.69 Å². The van der Waals surface area contributed by atoms with E-state index >= 15 is 0 Å². The molecular formula is C16H18ClN3. The number of rotatable bonds is 4. The molecule has 0 radical (unpaired) electrons. The maximum Gasteiger partial charge on any atom is 0.0426 e. The molecule has 2 heterocycles. The number of nitrogens with zero attached hydrogens (tertiary/aromatic N) is 2. The van der Waals surface area contributed by atoms with Crippen molar-refractivity contribution >= 4 is 17.3 Å². The van der Waals surface area contributed by atoms with E-state index in [1.807, 2.05) is 30.6 Å². The molecule has 1 atom stereocenters. The van der Waals surface area contributed by atoms with Crippen LogP contribution in [0.25, 0.3) is 0 Å². The Kier molecular flexibility index (Phi) is 4.19. The van der Waals surface area contributed by atoms with Gasteiger partial charge in [-0.3, -0.25) is 4.98 Å². The van der Waals surface area contributed by atoms with Gasteiger partial charge in [0.05, 0.1) is 0 Å². The fourth-order valence-corrected chi connectivity index (χ4v) is 2.78. The predicted molar refractivity (Wildman–Crippen MR) is 83.1 cm³/mol. The van der Waals surface area contributed by atoms with Crippen molar-refractivity contribution in [3.63, 3.8) is 0 Å². The van der Waals surface area contributed by atoms with Crippen LogP contribution < -0.4 is 10.2 Å². The Labute approximate surface area is 124 Å². The van der Waals surface area contributed by atoms with E-state index in [2.05, 4.69) is 33.4 Å². The number of hydrogen-bond acceptors (Lipinski definition) is 3. The van der Waals surface area contributed by atoms with Crippen LogP contribution in [0.2, 0.25) is 5.02 Å². The zero-order valence-corrected chi connectivity index (χ0v) is 12.1. The zero-order chi connectivity index (χ0) is 13.8. The first-order valence-corrected chi connectivity index (χ1v) is 7.32. The highest BCUT2D eigenvalue weighted by atomic mass is 35.5. The summed E-state index contributed by atoms with van der Waals surface area (Å²) in [6, 6.07) is 12.7. The van der Waals surface area contributed by atoms with Crippen LogP contribution in [0.5, 0.6) is 0 Å². The molecule has 4 heteroatoms. The molecule has 1 saturated heterocycles. The standard InChI is InChI=1S/C16H18ClN3/c17-14-2-1-3-16(10-14)20-9-6-15(12-20)19-11-13-4-7-18-8-5-13/h1-5,7-8,10,15,19H,6,9,11-12H2. The average molecular weight is 288 g/mol. The van der Waals surface area contributed by atoms with Crippen LogP contribution in [-0.4, -0.2) is 24.1 Å². The second-order valence-electron chi connectivity index (χ2n) is 5.15. The second kappa shape index (κ2) is 6.25. The highest BCUT2D eigenvalue weighted by Crippen LogP contribution is 2.23. The molecule has 1 N–H and O–H groups in total. The first-order chi connectivity index (χ1) is 9.81. The van der Waals surface area contributed by atoms with Crippen molar-refractivity contribution in [3.05, 3.63) is 59.4 Å². The Morgan fingerprint density at radius 1 is 1.25 bits per heavy atom. The average Bonchev–Trinajstić information content (AvgIpc) is 2.95. The topological polar surface area (TPSA) is 28.2 Å². The minimum Gasteiger partial charge on any atom is -0.370 e. The smallest absolute Gasteiger partial charge is 0.0426 e. The van der Waals surface area contributed by atoms with Crippen molar-refractivity contribution in [2.45, 2.75) is 19.0 Å². The van der Waals surface area contributed by atoms with Gasteiger partial charge in [-0.15, -0.1) is 0 Å². The van der Waals surface area contributed by atoms with E-state index in [4.69, 9.17) is 11.6 Å². The van der Waals surface area contributed by atoms with Crippen LogP contribution >= 0.6 is 11.6 Å². The van der Waals surface area contributed by atoms with Gasteiger partial charge in [0.25, 0.3) is 0 Å². The molecule has 1 aliphatic rings. The molecule has 0 aliphatic carbocycles. The SMILES string of the molecule is Clc1cccc(N2CCC(NCc3ccncc3)C2)c1. The molecule has 0 bridgehead atoms. The van der Waals surface area contributed by atoms with Crippen molar-refractivity contribution in [2.75, 3.05) is 18.0 Å². The maximum atomic E-state index is 6.05. The van der Waals surface area contributed by atoms with Crippen LogP contribution in [0.15, 0.2) is 48.8 Å². The highest BCUT2D eigenvalue weighted by Gasteiger charge is 2.22. The summed E-state index contributed by atoms with van der Waals surface area (Å²) in [6.45, 7) is 3.01. The van der Waals surface area contributed by atoms with Crippen molar-refractivity contribution in [2.24, 2.45) is 0 Å². The van der Waals surface area contributed by atoms with Gasteiger partial charge in [0, 0.05) is 48.8 Å².